The molecule has 0 unspecified atom stereocenters. The normalized spacial score (nSPS) is 10.0. The molecule has 0 heterocycles. The second-order valence-electron chi connectivity index (χ2n) is 2.16. The molecule has 0 bridgehead atoms. The van der Waals surface area contributed by atoms with Crippen LogP contribution in [0.15, 0.2) is 12.5 Å². The van der Waals surface area contributed by atoms with Gasteiger partial charge in [0, 0.05) is 0 Å². The van der Waals surface area contributed by atoms with E-state index in [9.17, 15) is 4.79 Å². The van der Waals surface area contributed by atoms with Gasteiger partial charge in [0.05, 0.1) is 6.61 Å². The van der Waals surface area contributed by atoms with Crippen LogP contribution in [-0.2, 0) is 14.3 Å². The summed E-state index contributed by atoms with van der Waals surface area (Å²) in [5.41, 5.74) is 0. The lowest BCUT2D eigenvalue weighted by Gasteiger charge is -1.96. The lowest BCUT2D eigenvalue weighted by atomic mass is 10.5. The van der Waals surface area contributed by atoms with E-state index in [0.29, 0.717) is 6.61 Å². The van der Waals surface area contributed by atoms with Crippen molar-refractivity contribution in [3.05, 3.63) is 12.5 Å². The van der Waals surface area contributed by atoms with E-state index in [4.69, 9.17) is 9.47 Å². The van der Waals surface area contributed by atoms with Gasteiger partial charge in [-0.2, -0.15) is 0 Å². The Kier molecular flexibility index (Phi) is 6.48. The van der Waals surface area contributed by atoms with Crippen LogP contribution in [0, 0.1) is 0 Å². The van der Waals surface area contributed by atoms with Gasteiger partial charge in [-0.25, -0.2) is 0 Å². The van der Waals surface area contributed by atoms with Crippen LogP contribution in [0.2, 0.25) is 0 Å². The van der Waals surface area contributed by atoms with Gasteiger partial charge in [0.15, 0.2) is 5.78 Å². The Morgan fingerprint density at radius 1 is 1.36 bits per heavy atom. The molecule has 0 amide bonds. The van der Waals surface area contributed by atoms with Gasteiger partial charge in [-0.05, 0) is 13.3 Å². The van der Waals surface area contributed by atoms with Crippen molar-refractivity contribution in [3.63, 3.8) is 0 Å². The van der Waals surface area contributed by atoms with E-state index in [1.165, 1.54) is 19.4 Å². The van der Waals surface area contributed by atoms with Crippen molar-refractivity contribution < 1.29 is 14.3 Å². The molecule has 0 N–H and O–H groups in total. The lowest BCUT2D eigenvalue weighted by Crippen LogP contribution is -1.99. The van der Waals surface area contributed by atoms with Gasteiger partial charge >= 0.3 is 0 Å². The third-order valence-corrected chi connectivity index (χ3v) is 0.857. The summed E-state index contributed by atoms with van der Waals surface area (Å²) in [6.07, 6.45) is 3.81. The number of rotatable bonds is 6. The Labute approximate surface area is 67.0 Å². The molecule has 11 heavy (non-hydrogen) atoms. The number of hydrogen-bond acceptors (Lipinski definition) is 3. The summed E-state index contributed by atoms with van der Waals surface area (Å²) < 4.78 is 9.73. The van der Waals surface area contributed by atoms with Crippen molar-refractivity contribution in [2.45, 2.75) is 20.3 Å². The second kappa shape index (κ2) is 7.12. The van der Waals surface area contributed by atoms with Crippen LogP contribution in [-0.4, -0.2) is 19.0 Å². The zero-order chi connectivity index (χ0) is 8.53. The smallest absolute Gasteiger partial charge is 0.167 e. The standard InChI is InChI=1S/C8H14O3/c1-3-4-10-5-6-11-7-8(2)9/h5-6H,3-4,7H2,1-2H3. The zero-order valence-corrected chi connectivity index (χ0v) is 7.00. The Morgan fingerprint density at radius 3 is 2.55 bits per heavy atom. The minimum absolute atomic E-state index is 0.00476. The van der Waals surface area contributed by atoms with Crippen molar-refractivity contribution >= 4 is 5.78 Å². The quantitative estimate of drug-likeness (QED) is 0.434. The number of Topliss-reactive ketones (excluding diaryl/α,β-unsaturated/α-hetero) is 1. The molecule has 0 aliphatic carbocycles. The van der Waals surface area contributed by atoms with Crippen LogP contribution in [0.1, 0.15) is 20.3 Å². The maximum Gasteiger partial charge on any atom is 0.167 e. The third kappa shape index (κ3) is 9.01. The highest BCUT2D eigenvalue weighted by Gasteiger charge is 1.87. The van der Waals surface area contributed by atoms with Crippen LogP contribution in [0.3, 0.4) is 0 Å². The highest BCUT2D eigenvalue weighted by atomic mass is 16.5. The first kappa shape index (κ1) is 10.0. The number of hydrogen-bond donors (Lipinski definition) is 0. The Balaban J connectivity index is 3.10. The number of carbonyl (C=O) groups is 1. The van der Waals surface area contributed by atoms with Crippen molar-refractivity contribution in [2.75, 3.05) is 13.2 Å². The molecule has 0 aromatic rings. The minimum Gasteiger partial charge on any atom is -0.498 e. The van der Waals surface area contributed by atoms with Crippen LogP contribution >= 0.6 is 0 Å². The molecule has 0 rings (SSSR count). The van der Waals surface area contributed by atoms with Crippen LogP contribution in [0.4, 0.5) is 0 Å². The summed E-state index contributed by atoms with van der Waals surface area (Å²) in [6, 6.07) is 0. The molecule has 0 aromatic heterocycles. The molecule has 0 aliphatic rings. The number of carbonyl (C=O) groups excluding carboxylic acids is 1. The molecule has 64 valence electrons. The molecule has 0 aliphatic heterocycles. The predicted molar refractivity (Wildman–Crippen MR) is 42.0 cm³/mol. The highest BCUT2D eigenvalue weighted by Crippen LogP contribution is 1.83. The fourth-order valence-electron chi connectivity index (χ4n) is 0.430. The maximum absolute atomic E-state index is 10.3. The van der Waals surface area contributed by atoms with Crippen LogP contribution < -0.4 is 0 Å². The summed E-state index contributed by atoms with van der Waals surface area (Å²) in [5.74, 6) is 0.00476. The van der Waals surface area contributed by atoms with E-state index < -0.39 is 0 Å². The average Bonchev–Trinajstić information content (AvgIpc) is 1.96. The topological polar surface area (TPSA) is 35.5 Å². The van der Waals surface area contributed by atoms with Gasteiger partial charge in [-0.1, -0.05) is 6.92 Å². The molecule has 0 saturated carbocycles. The molecule has 0 fully saturated rings. The van der Waals surface area contributed by atoms with Gasteiger partial charge in [-0.3, -0.25) is 4.79 Å². The first-order valence-electron chi connectivity index (χ1n) is 3.65. The van der Waals surface area contributed by atoms with Crippen LogP contribution in [0.5, 0.6) is 0 Å². The maximum atomic E-state index is 10.3. The summed E-state index contributed by atoms with van der Waals surface area (Å²) in [7, 11) is 0. The largest absolute Gasteiger partial charge is 0.498 e. The van der Waals surface area contributed by atoms with E-state index in [1.54, 1.807) is 0 Å². The summed E-state index contributed by atoms with van der Waals surface area (Å²) in [6.45, 7) is 4.29. The fraction of sp³-hybridized carbons (Fsp3) is 0.625. The molecule has 0 spiro atoms. The molecular weight excluding hydrogens is 144 g/mol. The van der Waals surface area contributed by atoms with E-state index in [-0.39, 0.29) is 12.4 Å². The van der Waals surface area contributed by atoms with E-state index >= 15 is 0 Å². The van der Waals surface area contributed by atoms with E-state index in [0.717, 1.165) is 6.42 Å². The molecule has 0 radical (unpaired) electrons. The second-order valence-corrected chi connectivity index (χ2v) is 2.16. The highest BCUT2D eigenvalue weighted by molar-refractivity contribution is 5.76. The molecule has 3 nitrogen and oxygen atoms in total. The third-order valence-electron chi connectivity index (χ3n) is 0.857. The summed E-state index contributed by atoms with van der Waals surface area (Å²) >= 11 is 0. The lowest BCUT2D eigenvalue weighted by molar-refractivity contribution is -0.119. The first-order chi connectivity index (χ1) is 5.27. The van der Waals surface area contributed by atoms with Gasteiger partial charge in [0.1, 0.15) is 19.1 Å². The van der Waals surface area contributed by atoms with Gasteiger partial charge < -0.3 is 9.47 Å². The Hall–Kier alpha value is -0.990. The molecule has 0 aromatic carbocycles. The predicted octanol–water partition coefficient (Wildman–Crippen LogP) is 1.49. The monoisotopic (exact) mass is 158 g/mol. The molecule has 3 heteroatoms. The Morgan fingerprint density at radius 2 is 2.00 bits per heavy atom. The van der Waals surface area contributed by atoms with Crippen LogP contribution in [0.25, 0.3) is 0 Å². The molecular formula is C8H14O3. The first-order valence-corrected chi connectivity index (χ1v) is 3.65. The number of ketones is 1. The Bertz CT molecular complexity index is 129. The van der Waals surface area contributed by atoms with Crippen molar-refractivity contribution in [1.82, 2.24) is 0 Å². The summed E-state index contributed by atoms with van der Waals surface area (Å²) in [4.78, 5) is 10.3. The summed E-state index contributed by atoms with van der Waals surface area (Å²) in [5, 5.41) is 0. The molecule has 0 saturated heterocycles. The number of ether oxygens (including phenoxy) is 2. The zero-order valence-electron chi connectivity index (χ0n) is 7.00. The minimum atomic E-state index is 0.00476. The van der Waals surface area contributed by atoms with E-state index in [2.05, 4.69) is 0 Å². The fourth-order valence-corrected chi connectivity index (χ4v) is 0.430. The molecule has 0 atom stereocenters. The van der Waals surface area contributed by atoms with Crippen molar-refractivity contribution in [2.24, 2.45) is 0 Å². The van der Waals surface area contributed by atoms with Gasteiger partial charge in [0.2, 0.25) is 0 Å². The van der Waals surface area contributed by atoms with Gasteiger partial charge in [-0.15, -0.1) is 0 Å². The SMILES string of the molecule is CCCOC=COCC(C)=O. The van der Waals surface area contributed by atoms with Gasteiger partial charge in [0.25, 0.3) is 0 Å². The van der Waals surface area contributed by atoms with E-state index in [1.807, 2.05) is 6.92 Å². The van der Waals surface area contributed by atoms with Crippen molar-refractivity contribution in [1.29, 1.82) is 0 Å². The van der Waals surface area contributed by atoms with Crippen molar-refractivity contribution in [3.8, 4) is 0 Å². The average molecular weight is 158 g/mol.